The third-order valence-corrected chi connectivity index (χ3v) is 0. The summed E-state index contributed by atoms with van der Waals surface area (Å²) in [5.74, 6) is 0. The van der Waals surface area contributed by atoms with Gasteiger partial charge in [-0.2, -0.15) is 0 Å². The fraction of sp³-hybridized carbons (Fsp3) is 0. The first-order chi connectivity index (χ1) is 3.46. The van der Waals surface area contributed by atoms with Gasteiger partial charge >= 0.3 is 49.2 Å². The Morgan fingerprint density at radius 3 is 0.800 bits per heavy atom. The molecule has 0 bridgehead atoms. The quantitative estimate of drug-likeness (QED) is 0.332. The van der Waals surface area contributed by atoms with Gasteiger partial charge in [-0.05, 0) is 0 Å². The van der Waals surface area contributed by atoms with Crippen molar-refractivity contribution in [3.05, 3.63) is 30.6 Å². The van der Waals surface area contributed by atoms with E-state index in [1.807, 2.05) is 0 Å². The predicted octanol–water partition coefficient (Wildman–Crippen LogP) is -0.483. The first-order valence-electron chi connectivity index (χ1n) is 1.10. The van der Waals surface area contributed by atoms with Crippen LogP contribution in [0, 0.1) is 30.6 Å². The van der Waals surface area contributed by atoms with Crippen molar-refractivity contribution in [3.63, 3.8) is 0 Å². The first-order valence-corrected chi connectivity index (χ1v) is 1.10. The van der Waals surface area contributed by atoms with Crippen LogP contribution in [0.2, 0.25) is 0 Å². The van der Waals surface area contributed by atoms with Gasteiger partial charge in [0.05, 0.1) is 10.2 Å². The monoisotopic (exact) mass is 271 g/mol. The van der Waals surface area contributed by atoms with Gasteiger partial charge in [0.1, 0.15) is 0 Å². The van der Waals surface area contributed by atoms with E-state index in [0.717, 1.165) is 0 Å². The molecule has 0 aliphatic rings. The fourth-order valence-electron chi connectivity index (χ4n) is 0. The Balaban J connectivity index is -0.0000000300. The molecule has 0 unspecified atom stereocenters. The van der Waals surface area contributed by atoms with Gasteiger partial charge in [-0.1, -0.05) is 0 Å². The van der Waals surface area contributed by atoms with Gasteiger partial charge in [0.15, 0.2) is 0 Å². The minimum absolute atomic E-state index is 0. The van der Waals surface area contributed by atoms with Gasteiger partial charge in [-0.15, -0.1) is 0 Å². The van der Waals surface area contributed by atoms with E-state index in [1.54, 1.807) is 0 Å². The molecule has 0 aliphatic carbocycles. The molecule has 0 rings (SSSR count). The van der Waals surface area contributed by atoms with Crippen LogP contribution in [0.5, 0.6) is 0 Å². The molecular formula is N2NiO6Y+3. The maximum absolute atomic E-state index is 8.25. The average molecular weight is 272 g/mol. The molecule has 0 aliphatic heterocycles. The molecule has 0 spiro atoms. The Kier molecular flexibility index (Phi) is 36.0. The second kappa shape index (κ2) is 16.0. The van der Waals surface area contributed by atoms with E-state index < -0.39 is 10.2 Å². The summed E-state index contributed by atoms with van der Waals surface area (Å²) in [6, 6.07) is 0. The van der Waals surface area contributed by atoms with Crippen molar-refractivity contribution in [2.24, 2.45) is 0 Å². The van der Waals surface area contributed by atoms with Crippen LogP contribution in [-0.4, -0.2) is 10.2 Å². The van der Waals surface area contributed by atoms with Crippen LogP contribution in [-0.2, 0) is 49.2 Å². The molecule has 0 aromatic rings. The summed E-state index contributed by atoms with van der Waals surface area (Å²) in [6.45, 7) is 0. The molecule has 0 N–H and O–H groups in total. The summed E-state index contributed by atoms with van der Waals surface area (Å²) >= 11 is 0. The molecule has 8 nitrogen and oxygen atoms in total. The molecule has 0 aromatic carbocycles. The Morgan fingerprint density at radius 2 is 0.800 bits per heavy atom. The standard InChI is InChI=1S/2NO3.Ni.Y/c2*2-1(3)4;;/q2*-1;+2;+3. The zero-order chi connectivity index (χ0) is 7.15. The largest absolute Gasteiger partial charge is 3.00 e. The molecule has 0 fully saturated rings. The third kappa shape index (κ3) is 58000000. The molecule has 0 radical (unpaired) electrons. The summed E-state index contributed by atoms with van der Waals surface area (Å²) in [4.78, 5) is 16.5. The van der Waals surface area contributed by atoms with Crippen molar-refractivity contribution in [1.29, 1.82) is 0 Å². The average Bonchev–Trinajstić information content (AvgIpc) is 1.25. The maximum atomic E-state index is 8.25. The van der Waals surface area contributed by atoms with E-state index in [1.165, 1.54) is 0 Å². The molecule has 0 saturated heterocycles. The Bertz CT molecular complexity index is 73.7. The van der Waals surface area contributed by atoms with Crippen LogP contribution in [0.3, 0.4) is 0 Å². The fourth-order valence-corrected chi connectivity index (χ4v) is 0. The van der Waals surface area contributed by atoms with E-state index in [4.69, 9.17) is 30.6 Å². The van der Waals surface area contributed by atoms with Crippen LogP contribution in [0.1, 0.15) is 0 Å². The summed E-state index contributed by atoms with van der Waals surface area (Å²) in [5.41, 5.74) is 0. The number of rotatable bonds is 0. The number of hydrogen-bond acceptors (Lipinski definition) is 6. The molecular weight excluding hydrogens is 272 g/mol. The summed E-state index contributed by atoms with van der Waals surface area (Å²) < 4.78 is 0. The molecule has 10 heteroatoms. The van der Waals surface area contributed by atoms with Crippen molar-refractivity contribution in [2.45, 2.75) is 0 Å². The summed E-state index contributed by atoms with van der Waals surface area (Å²) in [6.07, 6.45) is 0. The molecule has 0 aromatic heterocycles. The van der Waals surface area contributed by atoms with Gasteiger partial charge in [-0.25, -0.2) is 0 Å². The van der Waals surface area contributed by atoms with Crippen LogP contribution >= 0.6 is 0 Å². The van der Waals surface area contributed by atoms with Crippen molar-refractivity contribution in [1.82, 2.24) is 0 Å². The number of nitrogens with zero attached hydrogens (tertiary/aromatic N) is 2. The van der Waals surface area contributed by atoms with Gasteiger partial charge in [0.25, 0.3) is 0 Å². The molecule has 0 amide bonds. The van der Waals surface area contributed by atoms with Crippen molar-refractivity contribution in [2.75, 3.05) is 0 Å². The van der Waals surface area contributed by atoms with E-state index in [2.05, 4.69) is 0 Å². The zero-order valence-electron chi connectivity index (χ0n) is 4.24. The second-order valence-corrected chi connectivity index (χ2v) is 0.447. The van der Waals surface area contributed by atoms with Gasteiger partial charge < -0.3 is 30.6 Å². The Labute approximate surface area is 89.6 Å². The van der Waals surface area contributed by atoms with Crippen LogP contribution in [0.4, 0.5) is 0 Å². The Morgan fingerprint density at radius 1 is 0.800 bits per heavy atom. The van der Waals surface area contributed by atoms with E-state index in [0.29, 0.717) is 0 Å². The molecule has 56 valence electrons. The predicted molar refractivity (Wildman–Crippen MR) is 20.7 cm³/mol. The zero-order valence-corrected chi connectivity index (χ0v) is 8.06. The van der Waals surface area contributed by atoms with Crippen molar-refractivity contribution < 1.29 is 59.4 Å². The SMILES string of the molecule is O=[N+]([O-])[O-].O=[N+]([O-])[O-].[Ni+2].[Y+3]. The van der Waals surface area contributed by atoms with Crippen LogP contribution in [0.25, 0.3) is 0 Å². The Hall–Kier alpha value is -0.00260. The maximum Gasteiger partial charge on any atom is 3.00 e. The van der Waals surface area contributed by atoms with Crippen molar-refractivity contribution >= 4 is 0 Å². The van der Waals surface area contributed by atoms with Crippen LogP contribution < -0.4 is 0 Å². The van der Waals surface area contributed by atoms with Gasteiger partial charge in [-0.3, -0.25) is 0 Å². The normalized spacial score (nSPS) is 4.80. The van der Waals surface area contributed by atoms with Gasteiger partial charge in [0.2, 0.25) is 0 Å². The van der Waals surface area contributed by atoms with E-state index >= 15 is 0 Å². The van der Waals surface area contributed by atoms with Crippen LogP contribution in [0.15, 0.2) is 0 Å². The molecule has 10 heavy (non-hydrogen) atoms. The third-order valence-electron chi connectivity index (χ3n) is 0. The molecule has 0 atom stereocenters. The summed E-state index contributed by atoms with van der Waals surface area (Å²) in [5, 5.41) is 29.5. The summed E-state index contributed by atoms with van der Waals surface area (Å²) in [7, 11) is 0. The first kappa shape index (κ1) is 22.5. The minimum atomic E-state index is -1.75. The van der Waals surface area contributed by atoms with Crippen molar-refractivity contribution in [3.8, 4) is 0 Å². The molecule has 0 saturated carbocycles. The minimum Gasteiger partial charge on any atom is -0.356 e. The smallest absolute Gasteiger partial charge is 0.356 e. The van der Waals surface area contributed by atoms with Gasteiger partial charge in [0, 0.05) is 0 Å². The topological polar surface area (TPSA) is 132 Å². The van der Waals surface area contributed by atoms with E-state index in [9.17, 15) is 0 Å². The number of hydrogen-bond donors (Lipinski definition) is 0. The van der Waals surface area contributed by atoms with E-state index in [-0.39, 0.29) is 49.2 Å². The second-order valence-electron chi connectivity index (χ2n) is 0.447. The molecule has 0 heterocycles.